The van der Waals surface area contributed by atoms with Crippen molar-refractivity contribution in [2.45, 2.75) is 17.4 Å². The van der Waals surface area contributed by atoms with Crippen LogP contribution in [0.15, 0.2) is 12.7 Å². The standard InChI is InChI=1S/C9H16S3/c1-3-5-10-6-4-7-11-9(2)8-12-9/h3H,1,4-8H2,2H3. The summed E-state index contributed by atoms with van der Waals surface area (Å²) in [6.07, 6.45) is 3.33. The maximum atomic E-state index is 3.70. The van der Waals surface area contributed by atoms with Gasteiger partial charge in [-0.25, -0.2) is 0 Å². The summed E-state index contributed by atoms with van der Waals surface area (Å²) in [5.41, 5.74) is 0. The molecule has 0 aliphatic carbocycles. The van der Waals surface area contributed by atoms with E-state index in [9.17, 15) is 0 Å². The molecule has 1 rings (SSSR count). The first-order chi connectivity index (χ1) is 5.77. The van der Waals surface area contributed by atoms with Crippen LogP contribution in [0.3, 0.4) is 0 Å². The second kappa shape index (κ2) is 5.51. The fourth-order valence-corrected chi connectivity index (χ4v) is 3.68. The zero-order valence-electron chi connectivity index (χ0n) is 7.54. The lowest BCUT2D eigenvalue weighted by atomic mass is 10.6. The molecule has 0 N–H and O–H groups in total. The topological polar surface area (TPSA) is 0 Å². The first-order valence-electron chi connectivity index (χ1n) is 4.23. The van der Waals surface area contributed by atoms with Crippen molar-refractivity contribution in [3.05, 3.63) is 12.7 Å². The molecule has 1 atom stereocenters. The minimum atomic E-state index is 0.600. The van der Waals surface area contributed by atoms with Crippen LogP contribution in [-0.4, -0.2) is 27.1 Å². The van der Waals surface area contributed by atoms with E-state index in [1.807, 2.05) is 17.8 Å². The second-order valence-electron chi connectivity index (χ2n) is 2.99. The minimum Gasteiger partial charge on any atom is -0.158 e. The lowest BCUT2D eigenvalue weighted by Gasteiger charge is -2.04. The molecule has 70 valence electrons. The van der Waals surface area contributed by atoms with E-state index in [0.717, 1.165) is 5.75 Å². The molecule has 0 aromatic rings. The molecule has 1 heterocycles. The van der Waals surface area contributed by atoms with E-state index in [4.69, 9.17) is 0 Å². The average Bonchev–Trinajstić information content (AvgIpc) is 2.77. The third-order valence-electron chi connectivity index (χ3n) is 1.63. The van der Waals surface area contributed by atoms with Gasteiger partial charge in [-0.05, 0) is 24.9 Å². The van der Waals surface area contributed by atoms with Gasteiger partial charge >= 0.3 is 0 Å². The molecule has 1 aliphatic heterocycles. The lowest BCUT2D eigenvalue weighted by molar-refractivity contribution is 1.09. The SMILES string of the molecule is C=CCSCCCSC1(C)CS1. The third-order valence-corrected chi connectivity index (χ3v) is 5.94. The number of thioether (sulfide) groups is 3. The smallest absolute Gasteiger partial charge is 0.0674 e. The highest BCUT2D eigenvalue weighted by Gasteiger charge is 2.38. The van der Waals surface area contributed by atoms with Crippen molar-refractivity contribution in [3.8, 4) is 0 Å². The molecular formula is C9H16S3. The van der Waals surface area contributed by atoms with Gasteiger partial charge < -0.3 is 0 Å². The first kappa shape index (κ1) is 10.9. The van der Waals surface area contributed by atoms with E-state index in [0.29, 0.717) is 4.08 Å². The van der Waals surface area contributed by atoms with Crippen LogP contribution in [0, 0.1) is 0 Å². The minimum absolute atomic E-state index is 0.600. The van der Waals surface area contributed by atoms with Gasteiger partial charge in [-0.15, -0.1) is 30.1 Å². The third kappa shape index (κ3) is 4.73. The Bertz CT molecular complexity index is 141. The molecule has 0 aromatic heterocycles. The summed E-state index contributed by atoms with van der Waals surface area (Å²) in [4.78, 5) is 0. The van der Waals surface area contributed by atoms with Crippen LogP contribution in [0.4, 0.5) is 0 Å². The van der Waals surface area contributed by atoms with E-state index < -0.39 is 0 Å². The highest BCUT2D eigenvalue weighted by atomic mass is 32.2. The van der Waals surface area contributed by atoms with Crippen LogP contribution < -0.4 is 0 Å². The van der Waals surface area contributed by atoms with Crippen molar-refractivity contribution in [3.63, 3.8) is 0 Å². The van der Waals surface area contributed by atoms with Gasteiger partial charge in [0.25, 0.3) is 0 Å². The van der Waals surface area contributed by atoms with Gasteiger partial charge in [-0.2, -0.15) is 11.8 Å². The van der Waals surface area contributed by atoms with Crippen LogP contribution in [-0.2, 0) is 0 Å². The molecule has 12 heavy (non-hydrogen) atoms. The molecular weight excluding hydrogens is 204 g/mol. The van der Waals surface area contributed by atoms with Crippen molar-refractivity contribution < 1.29 is 0 Å². The molecule has 0 nitrogen and oxygen atoms in total. The second-order valence-corrected chi connectivity index (χ2v) is 7.47. The van der Waals surface area contributed by atoms with Gasteiger partial charge in [0.2, 0.25) is 0 Å². The molecule has 1 fully saturated rings. The van der Waals surface area contributed by atoms with Crippen LogP contribution in [0.1, 0.15) is 13.3 Å². The summed E-state index contributed by atoms with van der Waals surface area (Å²) >= 11 is 6.19. The maximum absolute atomic E-state index is 3.70. The molecule has 0 bridgehead atoms. The molecule has 3 heteroatoms. The monoisotopic (exact) mass is 220 g/mol. The molecule has 0 amide bonds. The fourth-order valence-electron chi connectivity index (χ4n) is 0.801. The predicted molar refractivity (Wildman–Crippen MR) is 65.5 cm³/mol. The van der Waals surface area contributed by atoms with Gasteiger partial charge in [0.15, 0.2) is 0 Å². The Balaban J connectivity index is 1.80. The van der Waals surface area contributed by atoms with Crippen molar-refractivity contribution in [2.24, 2.45) is 0 Å². The Kier molecular flexibility index (Phi) is 4.99. The van der Waals surface area contributed by atoms with Crippen molar-refractivity contribution in [2.75, 3.05) is 23.0 Å². The fraction of sp³-hybridized carbons (Fsp3) is 0.778. The zero-order chi connectivity index (χ0) is 8.86. The lowest BCUT2D eigenvalue weighted by Crippen LogP contribution is -1.96. The highest BCUT2D eigenvalue weighted by molar-refractivity contribution is 8.24. The molecule has 0 saturated carbocycles. The number of hydrogen-bond acceptors (Lipinski definition) is 3. The van der Waals surface area contributed by atoms with E-state index in [-0.39, 0.29) is 0 Å². The highest BCUT2D eigenvalue weighted by Crippen LogP contribution is 2.53. The molecule has 1 aliphatic rings. The summed E-state index contributed by atoms with van der Waals surface area (Å²) in [6.45, 7) is 6.04. The Morgan fingerprint density at radius 1 is 1.58 bits per heavy atom. The Morgan fingerprint density at radius 2 is 2.33 bits per heavy atom. The van der Waals surface area contributed by atoms with E-state index in [1.54, 1.807) is 0 Å². The number of rotatable bonds is 7. The largest absolute Gasteiger partial charge is 0.158 e. The molecule has 1 saturated heterocycles. The number of hydrogen-bond donors (Lipinski definition) is 0. The summed E-state index contributed by atoms with van der Waals surface area (Å²) in [6, 6.07) is 0. The van der Waals surface area contributed by atoms with Gasteiger partial charge in [0.1, 0.15) is 0 Å². The van der Waals surface area contributed by atoms with Crippen LogP contribution in [0.2, 0.25) is 0 Å². The van der Waals surface area contributed by atoms with Crippen LogP contribution >= 0.6 is 35.3 Å². The van der Waals surface area contributed by atoms with E-state index >= 15 is 0 Å². The van der Waals surface area contributed by atoms with Gasteiger partial charge in [0.05, 0.1) is 4.08 Å². The Morgan fingerprint density at radius 3 is 2.92 bits per heavy atom. The summed E-state index contributed by atoms with van der Waals surface area (Å²) < 4.78 is 0.600. The van der Waals surface area contributed by atoms with E-state index in [1.165, 1.54) is 23.7 Å². The predicted octanol–water partition coefficient (Wildman–Crippen LogP) is 3.49. The average molecular weight is 220 g/mol. The zero-order valence-corrected chi connectivity index (χ0v) is 9.99. The summed E-state index contributed by atoms with van der Waals surface area (Å²) in [5.74, 6) is 5.08. The molecule has 0 radical (unpaired) electrons. The molecule has 0 aromatic carbocycles. The molecule has 0 spiro atoms. The van der Waals surface area contributed by atoms with Gasteiger partial charge in [-0.3, -0.25) is 0 Å². The summed E-state index contributed by atoms with van der Waals surface area (Å²) in [5, 5.41) is 0. The Labute approximate surface area is 88.3 Å². The van der Waals surface area contributed by atoms with E-state index in [2.05, 4.69) is 37.0 Å². The van der Waals surface area contributed by atoms with Gasteiger partial charge in [0, 0.05) is 11.5 Å². The molecule has 1 unspecified atom stereocenters. The Hall–Kier alpha value is 0.790. The van der Waals surface area contributed by atoms with Crippen molar-refractivity contribution in [1.82, 2.24) is 0 Å². The normalized spacial score (nSPS) is 27.1. The quantitative estimate of drug-likeness (QED) is 0.366. The van der Waals surface area contributed by atoms with Crippen LogP contribution in [0.5, 0.6) is 0 Å². The van der Waals surface area contributed by atoms with Gasteiger partial charge in [-0.1, -0.05) is 6.08 Å². The first-order valence-corrected chi connectivity index (χ1v) is 7.36. The van der Waals surface area contributed by atoms with Crippen molar-refractivity contribution in [1.29, 1.82) is 0 Å². The maximum Gasteiger partial charge on any atom is 0.0674 e. The van der Waals surface area contributed by atoms with Crippen molar-refractivity contribution >= 4 is 35.3 Å². The van der Waals surface area contributed by atoms with Crippen LogP contribution in [0.25, 0.3) is 0 Å². The summed E-state index contributed by atoms with van der Waals surface area (Å²) in [7, 11) is 0.